The van der Waals surface area contributed by atoms with Gasteiger partial charge in [-0.05, 0) is 29.8 Å². The van der Waals surface area contributed by atoms with Crippen LogP contribution in [-0.2, 0) is 6.42 Å². The second-order valence-electron chi connectivity index (χ2n) is 4.15. The van der Waals surface area contributed by atoms with E-state index in [1.807, 2.05) is 0 Å². The molecule has 4 nitrogen and oxygen atoms in total. The SMILES string of the molecule is O=C(Cc1cccc(F)c1)c1cc(F)ccc1[N+](=O)[O-]. The second-order valence-corrected chi connectivity index (χ2v) is 4.15. The molecule has 20 heavy (non-hydrogen) atoms. The van der Waals surface area contributed by atoms with Crippen molar-refractivity contribution in [1.29, 1.82) is 0 Å². The minimum Gasteiger partial charge on any atom is -0.294 e. The van der Waals surface area contributed by atoms with Crippen molar-refractivity contribution in [3.8, 4) is 0 Å². The molecule has 0 radical (unpaired) electrons. The summed E-state index contributed by atoms with van der Waals surface area (Å²) in [7, 11) is 0. The number of hydrogen-bond acceptors (Lipinski definition) is 3. The van der Waals surface area contributed by atoms with Crippen molar-refractivity contribution in [2.45, 2.75) is 6.42 Å². The van der Waals surface area contributed by atoms with Crippen molar-refractivity contribution in [2.75, 3.05) is 0 Å². The number of benzene rings is 2. The Hall–Kier alpha value is -2.63. The molecule has 0 bridgehead atoms. The Morgan fingerprint density at radius 2 is 1.80 bits per heavy atom. The van der Waals surface area contributed by atoms with E-state index in [0.717, 1.165) is 24.3 Å². The van der Waals surface area contributed by atoms with Gasteiger partial charge in [-0.25, -0.2) is 8.78 Å². The summed E-state index contributed by atoms with van der Waals surface area (Å²) in [5.41, 5.74) is -0.416. The fourth-order valence-corrected chi connectivity index (χ4v) is 1.82. The second kappa shape index (κ2) is 5.56. The smallest absolute Gasteiger partial charge is 0.280 e. The van der Waals surface area contributed by atoms with Gasteiger partial charge in [-0.15, -0.1) is 0 Å². The zero-order chi connectivity index (χ0) is 14.7. The van der Waals surface area contributed by atoms with Crippen LogP contribution in [0, 0.1) is 21.7 Å². The molecule has 0 spiro atoms. The molecule has 102 valence electrons. The van der Waals surface area contributed by atoms with E-state index < -0.39 is 28.0 Å². The highest BCUT2D eigenvalue weighted by molar-refractivity contribution is 6.01. The molecule has 2 aromatic rings. The minimum absolute atomic E-state index is 0.234. The van der Waals surface area contributed by atoms with Crippen LogP contribution in [-0.4, -0.2) is 10.7 Å². The Bertz CT molecular complexity index is 686. The molecular formula is C14H9F2NO3. The molecule has 0 aromatic heterocycles. The quantitative estimate of drug-likeness (QED) is 0.489. The Kier molecular flexibility index (Phi) is 3.84. The zero-order valence-electron chi connectivity index (χ0n) is 10.2. The summed E-state index contributed by atoms with van der Waals surface area (Å²) in [6, 6.07) is 8.00. The number of Topliss-reactive ketones (excluding diaryl/α,β-unsaturated/α-hetero) is 1. The van der Waals surface area contributed by atoms with Gasteiger partial charge in [0.15, 0.2) is 5.78 Å². The lowest BCUT2D eigenvalue weighted by atomic mass is 10.0. The highest BCUT2D eigenvalue weighted by atomic mass is 19.1. The van der Waals surface area contributed by atoms with Crippen molar-refractivity contribution in [3.05, 3.63) is 75.3 Å². The lowest BCUT2D eigenvalue weighted by Crippen LogP contribution is -2.07. The van der Waals surface area contributed by atoms with Crippen molar-refractivity contribution >= 4 is 11.5 Å². The van der Waals surface area contributed by atoms with E-state index in [2.05, 4.69) is 0 Å². The van der Waals surface area contributed by atoms with Crippen molar-refractivity contribution < 1.29 is 18.5 Å². The number of carbonyl (C=O) groups excluding carboxylic acids is 1. The van der Waals surface area contributed by atoms with Crippen LogP contribution >= 0.6 is 0 Å². The maximum absolute atomic E-state index is 13.1. The molecule has 0 saturated heterocycles. The number of halogens is 2. The summed E-state index contributed by atoms with van der Waals surface area (Å²) in [5, 5.41) is 10.8. The maximum atomic E-state index is 13.1. The van der Waals surface area contributed by atoms with E-state index in [9.17, 15) is 23.7 Å². The third kappa shape index (κ3) is 3.03. The van der Waals surface area contributed by atoms with Crippen LogP contribution < -0.4 is 0 Å². The van der Waals surface area contributed by atoms with Gasteiger partial charge in [-0.3, -0.25) is 14.9 Å². The summed E-state index contributed by atoms with van der Waals surface area (Å²) in [6.45, 7) is 0. The van der Waals surface area contributed by atoms with Gasteiger partial charge in [-0.1, -0.05) is 12.1 Å². The number of nitro benzene ring substituents is 1. The lowest BCUT2D eigenvalue weighted by molar-refractivity contribution is -0.385. The Labute approximate surface area is 112 Å². The average Bonchev–Trinajstić information content (AvgIpc) is 2.38. The van der Waals surface area contributed by atoms with Crippen molar-refractivity contribution in [2.24, 2.45) is 0 Å². The van der Waals surface area contributed by atoms with E-state index >= 15 is 0 Å². The summed E-state index contributed by atoms with van der Waals surface area (Å²) < 4.78 is 26.2. The van der Waals surface area contributed by atoms with Gasteiger partial charge >= 0.3 is 0 Å². The largest absolute Gasteiger partial charge is 0.294 e. The number of carbonyl (C=O) groups is 1. The van der Waals surface area contributed by atoms with Gasteiger partial charge in [0.05, 0.1) is 10.5 Å². The molecule has 0 saturated carbocycles. The van der Waals surface area contributed by atoms with Gasteiger partial charge in [0.2, 0.25) is 0 Å². The van der Waals surface area contributed by atoms with Gasteiger partial charge < -0.3 is 0 Å². The van der Waals surface area contributed by atoms with Crippen LogP contribution in [0.25, 0.3) is 0 Å². The third-order valence-corrected chi connectivity index (χ3v) is 2.71. The summed E-state index contributed by atoms with van der Waals surface area (Å²) in [6.07, 6.45) is -0.234. The molecule has 0 atom stereocenters. The predicted molar refractivity (Wildman–Crippen MR) is 67.5 cm³/mol. The number of nitrogens with zero attached hydrogens (tertiary/aromatic N) is 1. The van der Waals surface area contributed by atoms with E-state index in [1.165, 1.54) is 18.2 Å². The number of hydrogen-bond donors (Lipinski definition) is 0. The first kappa shape index (κ1) is 13.8. The first-order valence-electron chi connectivity index (χ1n) is 5.69. The molecule has 2 aromatic carbocycles. The molecule has 6 heteroatoms. The summed E-state index contributed by atoms with van der Waals surface area (Å²) >= 11 is 0. The fourth-order valence-electron chi connectivity index (χ4n) is 1.82. The lowest BCUT2D eigenvalue weighted by Gasteiger charge is -2.03. The van der Waals surface area contributed by atoms with E-state index in [1.54, 1.807) is 0 Å². The van der Waals surface area contributed by atoms with Crippen LogP contribution in [0.4, 0.5) is 14.5 Å². The molecule has 2 rings (SSSR count). The summed E-state index contributed by atoms with van der Waals surface area (Å²) in [4.78, 5) is 22.1. The highest BCUT2D eigenvalue weighted by Gasteiger charge is 2.21. The van der Waals surface area contributed by atoms with Crippen LogP contribution in [0.2, 0.25) is 0 Å². The fraction of sp³-hybridized carbons (Fsp3) is 0.0714. The first-order chi connectivity index (χ1) is 9.47. The van der Waals surface area contributed by atoms with Crippen LogP contribution in [0.1, 0.15) is 15.9 Å². The number of ketones is 1. The predicted octanol–water partition coefficient (Wildman–Crippen LogP) is 3.30. The Morgan fingerprint density at radius 1 is 1.10 bits per heavy atom. The van der Waals surface area contributed by atoms with Gasteiger partial charge in [0, 0.05) is 12.5 Å². The molecule has 0 aliphatic carbocycles. The van der Waals surface area contributed by atoms with E-state index in [-0.39, 0.29) is 12.0 Å². The Morgan fingerprint density at radius 3 is 2.45 bits per heavy atom. The molecule has 0 unspecified atom stereocenters. The monoisotopic (exact) mass is 277 g/mol. The minimum atomic E-state index is -0.752. The van der Waals surface area contributed by atoms with Crippen molar-refractivity contribution in [3.63, 3.8) is 0 Å². The molecule has 0 amide bonds. The third-order valence-electron chi connectivity index (χ3n) is 2.71. The first-order valence-corrected chi connectivity index (χ1v) is 5.69. The van der Waals surface area contributed by atoms with E-state index in [4.69, 9.17) is 0 Å². The Balaban J connectivity index is 2.34. The van der Waals surface area contributed by atoms with Crippen LogP contribution in [0.5, 0.6) is 0 Å². The van der Waals surface area contributed by atoms with Crippen molar-refractivity contribution in [1.82, 2.24) is 0 Å². The normalized spacial score (nSPS) is 10.3. The zero-order valence-corrected chi connectivity index (χ0v) is 10.2. The van der Waals surface area contributed by atoms with Crippen LogP contribution in [0.3, 0.4) is 0 Å². The molecular weight excluding hydrogens is 268 g/mol. The highest BCUT2D eigenvalue weighted by Crippen LogP contribution is 2.21. The molecule has 0 aliphatic heterocycles. The summed E-state index contributed by atoms with van der Waals surface area (Å²) in [5.74, 6) is -1.89. The van der Waals surface area contributed by atoms with Crippen LogP contribution in [0.15, 0.2) is 42.5 Å². The van der Waals surface area contributed by atoms with Gasteiger partial charge in [-0.2, -0.15) is 0 Å². The van der Waals surface area contributed by atoms with Gasteiger partial charge in [0.1, 0.15) is 11.6 Å². The molecule has 0 fully saturated rings. The molecule has 0 heterocycles. The maximum Gasteiger partial charge on any atom is 0.280 e. The standard InChI is InChI=1S/C14H9F2NO3/c15-10-3-1-2-9(6-10)7-14(18)12-8-11(16)4-5-13(12)17(19)20/h1-6,8H,7H2. The number of rotatable bonds is 4. The molecule has 0 aliphatic rings. The number of nitro groups is 1. The molecule has 0 N–H and O–H groups in total. The average molecular weight is 277 g/mol. The van der Waals surface area contributed by atoms with E-state index in [0.29, 0.717) is 5.56 Å². The van der Waals surface area contributed by atoms with Gasteiger partial charge in [0.25, 0.3) is 5.69 Å². The topological polar surface area (TPSA) is 60.2 Å².